The smallest absolute Gasteiger partial charge is 0.270 e. The number of nitrogens with one attached hydrogen (secondary N) is 2. The van der Waals surface area contributed by atoms with Crippen LogP contribution in [0.25, 0.3) is 5.65 Å². The highest BCUT2D eigenvalue weighted by Gasteiger charge is 2.20. The first-order valence-electron chi connectivity index (χ1n) is 7.11. The van der Waals surface area contributed by atoms with E-state index in [2.05, 4.69) is 25.5 Å². The molecule has 114 valence electrons. The summed E-state index contributed by atoms with van der Waals surface area (Å²) >= 11 is 0. The molecule has 0 aliphatic heterocycles. The molecular weight excluding hydrogens is 280 g/mol. The Morgan fingerprint density at radius 1 is 1.32 bits per heavy atom. The number of carbonyl (C=O) groups excluding carboxylic acids is 1. The third-order valence-electron chi connectivity index (χ3n) is 3.52. The van der Waals surface area contributed by atoms with Crippen molar-refractivity contribution < 1.29 is 4.79 Å². The Bertz CT molecular complexity index is 847. The lowest BCUT2D eigenvalue weighted by Crippen LogP contribution is -2.29. The molecule has 1 amide bonds. The lowest BCUT2D eigenvalue weighted by atomic mass is 10.2. The zero-order valence-corrected chi connectivity index (χ0v) is 13.0. The topological polar surface area (TPSA) is 88.0 Å². The van der Waals surface area contributed by atoms with Crippen molar-refractivity contribution >= 4 is 11.6 Å². The number of imidazole rings is 1. The van der Waals surface area contributed by atoms with Gasteiger partial charge in [-0.25, -0.2) is 9.97 Å². The molecule has 3 aromatic rings. The Morgan fingerprint density at radius 3 is 2.77 bits per heavy atom. The van der Waals surface area contributed by atoms with Crippen molar-refractivity contribution in [3.8, 4) is 0 Å². The number of carbonyl (C=O) groups is 1. The van der Waals surface area contributed by atoms with E-state index in [1.165, 1.54) is 0 Å². The maximum atomic E-state index is 12.6. The van der Waals surface area contributed by atoms with Gasteiger partial charge in [0.05, 0.1) is 11.7 Å². The van der Waals surface area contributed by atoms with Crippen LogP contribution in [0.2, 0.25) is 0 Å². The molecule has 3 heterocycles. The highest BCUT2D eigenvalue weighted by atomic mass is 16.2. The van der Waals surface area contributed by atoms with Crippen molar-refractivity contribution in [2.75, 3.05) is 0 Å². The molecule has 0 aliphatic carbocycles. The van der Waals surface area contributed by atoms with Gasteiger partial charge in [-0.3, -0.25) is 14.3 Å². The lowest BCUT2D eigenvalue weighted by molar-refractivity contribution is 0.0931. The van der Waals surface area contributed by atoms with Gasteiger partial charge in [-0.1, -0.05) is 0 Å². The van der Waals surface area contributed by atoms with E-state index < -0.39 is 0 Å². The Balaban J connectivity index is 1.90. The second-order valence-corrected chi connectivity index (χ2v) is 5.45. The van der Waals surface area contributed by atoms with Gasteiger partial charge in [0.15, 0.2) is 5.82 Å². The van der Waals surface area contributed by atoms with Gasteiger partial charge in [0.1, 0.15) is 17.2 Å². The number of aryl methyl sites for hydroxylation is 3. The molecule has 22 heavy (non-hydrogen) atoms. The molecule has 0 spiro atoms. The summed E-state index contributed by atoms with van der Waals surface area (Å²) in [7, 11) is 0. The van der Waals surface area contributed by atoms with E-state index in [1.807, 2.05) is 46.0 Å². The number of aromatic nitrogens is 5. The molecule has 1 atom stereocenters. The standard InChI is InChI=1S/C15H18N6O/c1-8-5-6-21-12(7-8)16-9(2)13(21)15(22)17-10(3)14-18-11(4)19-20-14/h5-7,10H,1-4H3,(H,17,22)(H,18,19,20)/t10-/m1/s1. The average Bonchev–Trinajstić information content (AvgIpc) is 3.01. The minimum absolute atomic E-state index is 0.191. The Hall–Kier alpha value is -2.70. The fourth-order valence-electron chi connectivity index (χ4n) is 2.42. The van der Waals surface area contributed by atoms with Gasteiger partial charge < -0.3 is 5.32 Å². The van der Waals surface area contributed by atoms with Crippen molar-refractivity contribution in [3.63, 3.8) is 0 Å². The zero-order chi connectivity index (χ0) is 15.9. The first kappa shape index (κ1) is 14.2. The van der Waals surface area contributed by atoms with Crippen LogP contribution in [0, 0.1) is 20.8 Å². The van der Waals surface area contributed by atoms with Crippen molar-refractivity contribution in [1.82, 2.24) is 29.9 Å². The summed E-state index contributed by atoms with van der Waals surface area (Å²) in [6, 6.07) is 3.62. The molecule has 0 saturated heterocycles. The summed E-state index contributed by atoms with van der Waals surface area (Å²) in [5.74, 6) is 1.09. The molecule has 3 aromatic heterocycles. The summed E-state index contributed by atoms with van der Waals surface area (Å²) in [4.78, 5) is 21.3. The van der Waals surface area contributed by atoms with Crippen LogP contribution in [0.15, 0.2) is 18.3 Å². The summed E-state index contributed by atoms with van der Waals surface area (Å²) in [6.45, 7) is 7.50. The number of amides is 1. The third-order valence-corrected chi connectivity index (χ3v) is 3.52. The molecule has 0 fully saturated rings. The van der Waals surface area contributed by atoms with Gasteiger partial charge in [0, 0.05) is 6.20 Å². The van der Waals surface area contributed by atoms with Gasteiger partial charge in [0.25, 0.3) is 5.91 Å². The number of fused-ring (bicyclic) bond motifs is 1. The highest BCUT2D eigenvalue weighted by molar-refractivity contribution is 5.94. The van der Waals surface area contributed by atoms with Crippen LogP contribution in [0.4, 0.5) is 0 Å². The maximum absolute atomic E-state index is 12.6. The van der Waals surface area contributed by atoms with Crippen molar-refractivity contribution in [2.45, 2.75) is 33.7 Å². The number of rotatable bonds is 3. The summed E-state index contributed by atoms with van der Waals surface area (Å²) < 4.78 is 1.80. The minimum atomic E-state index is -0.284. The fourth-order valence-corrected chi connectivity index (χ4v) is 2.42. The number of hydrogen-bond donors (Lipinski definition) is 2. The van der Waals surface area contributed by atoms with E-state index in [-0.39, 0.29) is 11.9 Å². The molecule has 7 nitrogen and oxygen atoms in total. The summed E-state index contributed by atoms with van der Waals surface area (Å²) in [6.07, 6.45) is 1.86. The van der Waals surface area contributed by atoms with Gasteiger partial charge in [0.2, 0.25) is 0 Å². The molecule has 0 aliphatic rings. The maximum Gasteiger partial charge on any atom is 0.270 e. The molecule has 0 unspecified atom stereocenters. The van der Waals surface area contributed by atoms with Crippen LogP contribution in [-0.2, 0) is 0 Å². The Morgan fingerprint density at radius 2 is 2.09 bits per heavy atom. The first-order chi connectivity index (χ1) is 10.5. The number of pyridine rings is 1. The normalized spacial score (nSPS) is 12.5. The molecule has 3 rings (SSSR count). The van der Waals surface area contributed by atoms with E-state index in [0.717, 1.165) is 17.0 Å². The molecule has 7 heteroatoms. The van der Waals surface area contributed by atoms with E-state index in [0.29, 0.717) is 17.2 Å². The van der Waals surface area contributed by atoms with Crippen LogP contribution in [0.5, 0.6) is 0 Å². The molecule has 0 bridgehead atoms. The minimum Gasteiger partial charge on any atom is -0.341 e. The fraction of sp³-hybridized carbons (Fsp3) is 0.333. The van der Waals surface area contributed by atoms with E-state index in [4.69, 9.17) is 0 Å². The Labute approximate surface area is 127 Å². The SMILES string of the molecule is Cc1ccn2c(C(=O)N[C@H](C)c3n[nH]c(C)n3)c(C)nc2c1. The number of H-pyrrole nitrogens is 1. The second kappa shape index (κ2) is 5.25. The molecular formula is C15H18N6O. The molecule has 2 N–H and O–H groups in total. The van der Waals surface area contributed by atoms with Crippen LogP contribution < -0.4 is 5.32 Å². The second-order valence-electron chi connectivity index (χ2n) is 5.45. The average molecular weight is 298 g/mol. The molecule has 0 aromatic carbocycles. The number of hydrogen-bond acceptors (Lipinski definition) is 4. The Kier molecular flexibility index (Phi) is 3.40. The van der Waals surface area contributed by atoms with Crippen LogP contribution in [-0.4, -0.2) is 30.5 Å². The van der Waals surface area contributed by atoms with Gasteiger partial charge in [-0.05, 0) is 45.4 Å². The zero-order valence-electron chi connectivity index (χ0n) is 13.0. The first-order valence-corrected chi connectivity index (χ1v) is 7.11. The quantitative estimate of drug-likeness (QED) is 0.772. The van der Waals surface area contributed by atoms with Crippen LogP contribution >= 0.6 is 0 Å². The number of nitrogens with zero attached hydrogens (tertiary/aromatic N) is 4. The van der Waals surface area contributed by atoms with Gasteiger partial charge >= 0.3 is 0 Å². The van der Waals surface area contributed by atoms with E-state index in [9.17, 15) is 4.79 Å². The van der Waals surface area contributed by atoms with Crippen LogP contribution in [0.1, 0.15) is 46.4 Å². The molecule has 0 saturated carbocycles. The van der Waals surface area contributed by atoms with E-state index in [1.54, 1.807) is 4.40 Å². The summed E-state index contributed by atoms with van der Waals surface area (Å²) in [5, 5.41) is 9.76. The molecule has 0 radical (unpaired) electrons. The van der Waals surface area contributed by atoms with Gasteiger partial charge in [-0.15, -0.1) is 0 Å². The monoisotopic (exact) mass is 298 g/mol. The largest absolute Gasteiger partial charge is 0.341 e. The lowest BCUT2D eigenvalue weighted by Gasteiger charge is -2.11. The van der Waals surface area contributed by atoms with Crippen molar-refractivity contribution in [3.05, 3.63) is 46.9 Å². The highest BCUT2D eigenvalue weighted by Crippen LogP contribution is 2.15. The predicted molar refractivity (Wildman–Crippen MR) is 81.7 cm³/mol. The van der Waals surface area contributed by atoms with E-state index >= 15 is 0 Å². The van der Waals surface area contributed by atoms with Crippen LogP contribution in [0.3, 0.4) is 0 Å². The summed E-state index contributed by atoms with van der Waals surface area (Å²) in [5.41, 5.74) is 3.11. The number of aromatic amines is 1. The van der Waals surface area contributed by atoms with Crippen molar-refractivity contribution in [1.29, 1.82) is 0 Å². The van der Waals surface area contributed by atoms with Crippen molar-refractivity contribution in [2.24, 2.45) is 0 Å². The third kappa shape index (κ3) is 2.45. The predicted octanol–water partition coefficient (Wildman–Crippen LogP) is 1.87. The van der Waals surface area contributed by atoms with Gasteiger partial charge in [-0.2, -0.15) is 5.10 Å².